The molecule has 0 radical (unpaired) electrons. The van der Waals surface area contributed by atoms with Crippen LogP contribution in [0.25, 0.3) is 0 Å². The topological polar surface area (TPSA) is 174 Å². The molecular formula is C22H26O12. The minimum absolute atomic E-state index is 0.0126. The predicted octanol–water partition coefficient (Wildman–Crippen LogP) is 0.167. The van der Waals surface area contributed by atoms with Gasteiger partial charge in [-0.2, -0.15) is 0 Å². The van der Waals surface area contributed by atoms with E-state index >= 15 is 0 Å². The van der Waals surface area contributed by atoms with Crippen LogP contribution >= 0.6 is 0 Å². The van der Waals surface area contributed by atoms with E-state index < -0.39 is 43.3 Å². The maximum absolute atomic E-state index is 12.5. The van der Waals surface area contributed by atoms with Gasteiger partial charge in [0.1, 0.15) is 36.8 Å². The lowest BCUT2D eigenvalue weighted by Gasteiger charge is -2.39. The molecule has 5 N–H and O–H groups in total. The third kappa shape index (κ3) is 5.20. The average Bonchev–Trinajstić information content (AvgIpc) is 2.84. The second-order valence-electron chi connectivity index (χ2n) is 7.29. The fraction of sp³-hybridized carbons (Fsp3) is 0.409. The molecular weight excluding hydrogens is 456 g/mol. The molecule has 1 aliphatic rings. The molecule has 12 heteroatoms. The summed E-state index contributed by atoms with van der Waals surface area (Å²) in [6, 6.07) is 6.49. The van der Waals surface area contributed by atoms with E-state index in [-0.39, 0.29) is 40.1 Å². The van der Waals surface area contributed by atoms with Crippen LogP contribution in [0.3, 0.4) is 0 Å². The number of esters is 1. The van der Waals surface area contributed by atoms with Crippen molar-refractivity contribution in [2.75, 3.05) is 27.9 Å². The molecule has 1 saturated heterocycles. The third-order valence-corrected chi connectivity index (χ3v) is 5.17. The van der Waals surface area contributed by atoms with Crippen LogP contribution in [0.2, 0.25) is 0 Å². The Bertz CT molecular complexity index is 984. The summed E-state index contributed by atoms with van der Waals surface area (Å²) in [5.41, 5.74) is -0.0126. The fourth-order valence-electron chi connectivity index (χ4n) is 3.27. The number of rotatable bonds is 8. The average molecular weight is 482 g/mol. The number of aromatic hydroxyl groups is 2. The van der Waals surface area contributed by atoms with Gasteiger partial charge in [0.2, 0.25) is 12.0 Å². The molecule has 3 rings (SSSR count). The summed E-state index contributed by atoms with van der Waals surface area (Å²) in [6.45, 7) is -0.506. The number of phenolic OH excluding ortho intramolecular Hbond substituents is 2. The minimum atomic E-state index is -1.67. The van der Waals surface area contributed by atoms with Crippen molar-refractivity contribution in [1.29, 1.82) is 0 Å². The summed E-state index contributed by atoms with van der Waals surface area (Å²) >= 11 is 0. The first-order chi connectivity index (χ1) is 16.2. The van der Waals surface area contributed by atoms with Gasteiger partial charge in [0.15, 0.2) is 23.0 Å². The molecule has 1 aliphatic heterocycles. The van der Waals surface area contributed by atoms with Crippen LogP contribution in [-0.2, 0) is 9.47 Å². The van der Waals surface area contributed by atoms with Crippen molar-refractivity contribution in [1.82, 2.24) is 0 Å². The second kappa shape index (κ2) is 10.7. The molecule has 2 aromatic rings. The Labute approximate surface area is 194 Å². The van der Waals surface area contributed by atoms with Crippen LogP contribution in [0.5, 0.6) is 34.5 Å². The number of methoxy groups -OCH3 is 3. The van der Waals surface area contributed by atoms with Gasteiger partial charge in [-0.25, -0.2) is 4.79 Å². The van der Waals surface area contributed by atoms with E-state index in [4.69, 9.17) is 28.4 Å². The molecule has 186 valence electrons. The SMILES string of the molecule is COc1cc(OC2OC(COC(=O)c3cc(OC)c(O)c(OC)c3)C(O)C(O)C2O)ccc1O. The highest BCUT2D eigenvalue weighted by atomic mass is 16.7. The van der Waals surface area contributed by atoms with E-state index in [2.05, 4.69) is 0 Å². The Hall–Kier alpha value is -3.45. The van der Waals surface area contributed by atoms with E-state index in [1.165, 1.54) is 51.7 Å². The van der Waals surface area contributed by atoms with Gasteiger partial charge in [-0.1, -0.05) is 0 Å². The monoisotopic (exact) mass is 482 g/mol. The maximum Gasteiger partial charge on any atom is 0.338 e. The first-order valence-corrected chi connectivity index (χ1v) is 10.1. The lowest BCUT2D eigenvalue weighted by Crippen LogP contribution is -2.60. The fourth-order valence-corrected chi connectivity index (χ4v) is 3.27. The van der Waals surface area contributed by atoms with E-state index in [1.54, 1.807) is 0 Å². The molecule has 5 unspecified atom stereocenters. The highest BCUT2D eigenvalue weighted by molar-refractivity contribution is 5.91. The summed E-state index contributed by atoms with van der Waals surface area (Å²) in [5, 5.41) is 50.5. The van der Waals surface area contributed by atoms with E-state index in [0.717, 1.165) is 0 Å². The van der Waals surface area contributed by atoms with Crippen LogP contribution in [0.1, 0.15) is 10.4 Å². The van der Waals surface area contributed by atoms with Gasteiger partial charge in [-0.05, 0) is 24.3 Å². The summed E-state index contributed by atoms with van der Waals surface area (Å²) < 4.78 is 31.3. The first-order valence-electron chi connectivity index (χ1n) is 10.1. The van der Waals surface area contributed by atoms with Crippen LogP contribution < -0.4 is 18.9 Å². The van der Waals surface area contributed by atoms with E-state index in [1.807, 2.05) is 0 Å². The molecule has 0 spiro atoms. The quantitative estimate of drug-likeness (QED) is 0.323. The standard InChI is InChI=1S/C22H26O12/c1-29-13-8-11(4-5-12(13)23)33-22-20(27)19(26)18(25)16(34-22)9-32-21(28)10-6-14(30-2)17(24)15(7-10)31-3/h4-8,16,18-20,22-27H,9H2,1-3H3. The van der Waals surface area contributed by atoms with Gasteiger partial charge in [0, 0.05) is 6.07 Å². The van der Waals surface area contributed by atoms with Crippen LogP contribution in [0, 0.1) is 0 Å². The van der Waals surface area contributed by atoms with E-state index in [9.17, 15) is 30.3 Å². The van der Waals surface area contributed by atoms with Gasteiger partial charge in [0.25, 0.3) is 0 Å². The summed E-state index contributed by atoms with van der Waals surface area (Å²) in [7, 11) is 3.94. The number of ether oxygens (including phenoxy) is 6. The van der Waals surface area contributed by atoms with Crippen molar-refractivity contribution in [3.63, 3.8) is 0 Å². The third-order valence-electron chi connectivity index (χ3n) is 5.17. The van der Waals surface area contributed by atoms with Gasteiger partial charge in [0.05, 0.1) is 26.9 Å². The maximum atomic E-state index is 12.5. The number of hydrogen-bond acceptors (Lipinski definition) is 12. The largest absolute Gasteiger partial charge is 0.504 e. The molecule has 1 heterocycles. The number of aliphatic hydroxyl groups excluding tert-OH is 3. The van der Waals surface area contributed by atoms with Crippen molar-refractivity contribution < 1.29 is 58.7 Å². The van der Waals surface area contributed by atoms with Crippen LogP contribution in [-0.4, -0.2) is 90.1 Å². The molecule has 12 nitrogen and oxygen atoms in total. The molecule has 2 aromatic carbocycles. The Morgan fingerprint density at radius 3 is 2.09 bits per heavy atom. The molecule has 34 heavy (non-hydrogen) atoms. The Morgan fingerprint density at radius 1 is 0.882 bits per heavy atom. The second-order valence-corrected chi connectivity index (χ2v) is 7.29. The lowest BCUT2D eigenvalue weighted by atomic mass is 9.99. The number of carbonyl (C=O) groups excluding carboxylic acids is 1. The summed E-state index contributed by atoms with van der Waals surface area (Å²) in [5.74, 6) is -1.07. The predicted molar refractivity (Wildman–Crippen MR) is 113 cm³/mol. The number of phenols is 2. The number of carbonyl (C=O) groups is 1. The zero-order valence-corrected chi connectivity index (χ0v) is 18.6. The molecule has 0 amide bonds. The summed E-state index contributed by atoms with van der Waals surface area (Å²) in [4.78, 5) is 12.5. The Kier molecular flexibility index (Phi) is 7.89. The van der Waals surface area contributed by atoms with Gasteiger partial charge in [-0.15, -0.1) is 0 Å². The smallest absolute Gasteiger partial charge is 0.338 e. The first kappa shape index (κ1) is 25.2. The minimum Gasteiger partial charge on any atom is -0.504 e. The molecule has 0 bridgehead atoms. The van der Waals surface area contributed by atoms with Crippen LogP contribution in [0.4, 0.5) is 0 Å². The highest BCUT2D eigenvalue weighted by Gasteiger charge is 2.45. The van der Waals surface area contributed by atoms with Gasteiger partial charge in [-0.3, -0.25) is 0 Å². The van der Waals surface area contributed by atoms with Crippen molar-refractivity contribution >= 4 is 5.97 Å². The molecule has 0 aromatic heterocycles. The van der Waals surface area contributed by atoms with E-state index in [0.29, 0.717) is 0 Å². The van der Waals surface area contributed by atoms with Crippen molar-refractivity contribution in [2.24, 2.45) is 0 Å². The molecule has 0 aliphatic carbocycles. The number of benzene rings is 2. The number of hydrogen-bond donors (Lipinski definition) is 5. The number of aliphatic hydroxyl groups is 3. The molecule has 0 saturated carbocycles. The molecule has 1 fully saturated rings. The molecule has 5 atom stereocenters. The highest BCUT2D eigenvalue weighted by Crippen LogP contribution is 2.37. The lowest BCUT2D eigenvalue weighted by molar-refractivity contribution is -0.277. The zero-order valence-electron chi connectivity index (χ0n) is 18.6. The van der Waals surface area contributed by atoms with Crippen LogP contribution in [0.15, 0.2) is 30.3 Å². The normalized spacial score (nSPS) is 24.2. The van der Waals surface area contributed by atoms with Gasteiger partial charge >= 0.3 is 5.97 Å². The zero-order chi connectivity index (χ0) is 25.0. The van der Waals surface area contributed by atoms with Crippen molar-refractivity contribution in [3.8, 4) is 34.5 Å². The Balaban J connectivity index is 1.71. The van der Waals surface area contributed by atoms with Crippen molar-refractivity contribution in [3.05, 3.63) is 35.9 Å². The van der Waals surface area contributed by atoms with Crippen molar-refractivity contribution in [2.45, 2.75) is 30.7 Å². The summed E-state index contributed by atoms with van der Waals surface area (Å²) in [6.07, 6.45) is -7.60. The van der Waals surface area contributed by atoms with Gasteiger partial charge < -0.3 is 54.0 Å². The Morgan fingerprint density at radius 2 is 1.50 bits per heavy atom.